The highest BCUT2D eigenvalue weighted by Crippen LogP contribution is 2.35. The van der Waals surface area contributed by atoms with Crippen LogP contribution in [0.3, 0.4) is 0 Å². The number of anilines is 1. The standard InChI is InChI=1S/C15H24ClN3/c1-3-4-13-9-14(18-11-17-13)19-15(10-16)7-5-12(2)6-8-15/h9,11-12H,3-8,10H2,1-2H3,(H,17,18,19). The lowest BCUT2D eigenvalue weighted by molar-refractivity contribution is 0.286. The molecule has 3 nitrogen and oxygen atoms in total. The number of alkyl halides is 1. The molecule has 19 heavy (non-hydrogen) atoms. The van der Waals surface area contributed by atoms with Crippen LogP contribution in [0.25, 0.3) is 0 Å². The lowest BCUT2D eigenvalue weighted by atomic mass is 9.78. The number of aryl methyl sites for hydroxylation is 1. The Hall–Kier alpha value is -0.830. The number of hydrogen-bond acceptors (Lipinski definition) is 3. The number of nitrogens with one attached hydrogen (secondary N) is 1. The Morgan fingerprint density at radius 1 is 1.37 bits per heavy atom. The lowest BCUT2D eigenvalue weighted by Crippen LogP contribution is -2.43. The summed E-state index contributed by atoms with van der Waals surface area (Å²) >= 11 is 6.23. The number of hydrogen-bond donors (Lipinski definition) is 1. The van der Waals surface area contributed by atoms with Crippen molar-refractivity contribution in [1.29, 1.82) is 0 Å². The molecule has 1 aromatic heterocycles. The van der Waals surface area contributed by atoms with Crippen molar-refractivity contribution in [2.24, 2.45) is 5.92 Å². The third-order valence-electron chi connectivity index (χ3n) is 4.11. The van der Waals surface area contributed by atoms with E-state index in [1.807, 2.05) is 0 Å². The molecule has 4 heteroatoms. The fraction of sp³-hybridized carbons (Fsp3) is 0.733. The summed E-state index contributed by atoms with van der Waals surface area (Å²) in [6.07, 6.45) is 8.51. The second-order valence-corrected chi connectivity index (χ2v) is 6.13. The molecule has 1 fully saturated rings. The predicted octanol–water partition coefficient (Wildman–Crippen LogP) is 4.03. The first-order chi connectivity index (χ1) is 9.17. The molecule has 106 valence electrons. The van der Waals surface area contributed by atoms with Crippen LogP contribution in [0, 0.1) is 5.92 Å². The van der Waals surface area contributed by atoms with E-state index in [4.69, 9.17) is 11.6 Å². The van der Waals surface area contributed by atoms with Crippen molar-refractivity contribution < 1.29 is 0 Å². The predicted molar refractivity (Wildman–Crippen MR) is 80.7 cm³/mol. The van der Waals surface area contributed by atoms with Crippen LogP contribution in [0.4, 0.5) is 5.82 Å². The molecule has 0 aromatic carbocycles. The van der Waals surface area contributed by atoms with E-state index in [0.717, 1.165) is 43.1 Å². The summed E-state index contributed by atoms with van der Waals surface area (Å²) in [5.41, 5.74) is 1.13. The van der Waals surface area contributed by atoms with Crippen LogP contribution in [-0.4, -0.2) is 21.4 Å². The molecule has 0 bridgehead atoms. The van der Waals surface area contributed by atoms with Gasteiger partial charge in [0.2, 0.25) is 0 Å². The van der Waals surface area contributed by atoms with Gasteiger partial charge in [-0.3, -0.25) is 0 Å². The number of halogens is 1. The van der Waals surface area contributed by atoms with Gasteiger partial charge in [0, 0.05) is 17.6 Å². The molecule has 0 atom stereocenters. The van der Waals surface area contributed by atoms with Gasteiger partial charge in [-0.2, -0.15) is 0 Å². The molecule has 1 saturated carbocycles. The summed E-state index contributed by atoms with van der Waals surface area (Å²) in [5, 5.41) is 3.58. The summed E-state index contributed by atoms with van der Waals surface area (Å²) < 4.78 is 0. The van der Waals surface area contributed by atoms with Crippen molar-refractivity contribution in [1.82, 2.24) is 9.97 Å². The van der Waals surface area contributed by atoms with E-state index in [1.165, 1.54) is 12.8 Å². The van der Waals surface area contributed by atoms with Gasteiger partial charge in [0.1, 0.15) is 12.1 Å². The molecule has 0 unspecified atom stereocenters. The molecule has 1 heterocycles. The first-order valence-electron chi connectivity index (χ1n) is 7.32. The lowest BCUT2D eigenvalue weighted by Gasteiger charge is -2.39. The van der Waals surface area contributed by atoms with Crippen LogP contribution in [0.15, 0.2) is 12.4 Å². The maximum atomic E-state index is 6.23. The van der Waals surface area contributed by atoms with Gasteiger partial charge in [-0.15, -0.1) is 11.6 Å². The van der Waals surface area contributed by atoms with Crippen LogP contribution >= 0.6 is 11.6 Å². The molecule has 1 aliphatic rings. The highest BCUT2D eigenvalue weighted by Gasteiger charge is 2.33. The minimum atomic E-state index is 0.0197. The fourth-order valence-electron chi connectivity index (χ4n) is 2.74. The second kappa shape index (κ2) is 6.56. The van der Waals surface area contributed by atoms with Crippen molar-refractivity contribution >= 4 is 17.4 Å². The minimum absolute atomic E-state index is 0.0197. The van der Waals surface area contributed by atoms with Crippen molar-refractivity contribution in [3.63, 3.8) is 0 Å². The highest BCUT2D eigenvalue weighted by atomic mass is 35.5. The summed E-state index contributed by atoms with van der Waals surface area (Å²) in [6.45, 7) is 4.49. The molecular weight excluding hydrogens is 258 g/mol. The summed E-state index contributed by atoms with van der Waals surface area (Å²) in [5.74, 6) is 2.39. The number of nitrogens with zero attached hydrogens (tertiary/aromatic N) is 2. The molecule has 0 amide bonds. The normalized spacial score (nSPS) is 27.2. The Morgan fingerprint density at radius 3 is 2.74 bits per heavy atom. The van der Waals surface area contributed by atoms with Crippen LogP contribution in [0.2, 0.25) is 0 Å². The van der Waals surface area contributed by atoms with E-state index in [-0.39, 0.29) is 5.54 Å². The van der Waals surface area contributed by atoms with Gasteiger partial charge in [-0.25, -0.2) is 9.97 Å². The van der Waals surface area contributed by atoms with E-state index in [0.29, 0.717) is 5.88 Å². The molecule has 2 rings (SSSR count). The number of aromatic nitrogens is 2. The Bertz CT molecular complexity index is 400. The summed E-state index contributed by atoms with van der Waals surface area (Å²) in [4.78, 5) is 8.65. The van der Waals surface area contributed by atoms with E-state index < -0.39 is 0 Å². The van der Waals surface area contributed by atoms with Crippen molar-refractivity contribution in [3.05, 3.63) is 18.1 Å². The smallest absolute Gasteiger partial charge is 0.130 e. The van der Waals surface area contributed by atoms with Crippen molar-refractivity contribution in [3.8, 4) is 0 Å². The first-order valence-corrected chi connectivity index (χ1v) is 7.86. The molecular formula is C15H24ClN3. The summed E-state index contributed by atoms with van der Waals surface area (Å²) in [7, 11) is 0. The fourth-order valence-corrected chi connectivity index (χ4v) is 3.07. The zero-order chi connectivity index (χ0) is 13.7. The Balaban J connectivity index is 2.07. The SMILES string of the molecule is CCCc1cc(NC2(CCl)CCC(C)CC2)ncn1. The highest BCUT2D eigenvalue weighted by molar-refractivity contribution is 6.18. The van der Waals surface area contributed by atoms with Gasteiger partial charge in [0.05, 0.1) is 5.54 Å². The van der Waals surface area contributed by atoms with E-state index in [1.54, 1.807) is 6.33 Å². The molecule has 1 aliphatic carbocycles. The Morgan fingerprint density at radius 2 is 2.11 bits per heavy atom. The van der Waals surface area contributed by atoms with E-state index in [2.05, 4.69) is 35.2 Å². The van der Waals surface area contributed by atoms with Gasteiger partial charge >= 0.3 is 0 Å². The van der Waals surface area contributed by atoms with Crippen molar-refractivity contribution in [2.45, 2.75) is 57.9 Å². The zero-order valence-electron chi connectivity index (χ0n) is 12.0. The average Bonchev–Trinajstić information content (AvgIpc) is 2.43. The van der Waals surface area contributed by atoms with Gasteiger partial charge in [-0.05, 0) is 38.0 Å². The molecule has 0 radical (unpaired) electrons. The maximum Gasteiger partial charge on any atom is 0.130 e. The second-order valence-electron chi connectivity index (χ2n) is 5.87. The average molecular weight is 282 g/mol. The Kier molecular flexibility index (Phi) is 5.03. The van der Waals surface area contributed by atoms with Crippen LogP contribution in [-0.2, 0) is 6.42 Å². The number of rotatable bonds is 5. The molecule has 0 spiro atoms. The zero-order valence-corrected chi connectivity index (χ0v) is 12.7. The van der Waals surface area contributed by atoms with Crippen LogP contribution in [0.1, 0.15) is 51.6 Å². The van der Waals surface area contributed by atoms with Crippen molar-refractivity contribution in [2.75, 3.05) is 11.2 Å². The van der Waals surface area contributed by atoms with Crippen LogP contribution < -0.4 is 5.32 Å². The quantitative estimate of drug-likeness (QED) is 0.828. The summed E-state index contributed by atoms with van der Waals surface area (Å²) in [6, 6.07) is 2.07. The minimum Gasteiger partial charge on any atom is -0.363 e. The topological polar surface area (TPSA) is 37.8 Å². The van der Waals surface area contributed by atoms with Crippen LogP contribution in [0.5, 0.6) is 0 Å². The molecule has 1 aromatic rings. The molecule has 1 N–H and O–H groups in total. The Labute approximate surface area is 121 Å². The largest absolute Gasteiger partial charge is 0.363 e. The van der Waals surface area contributed by atoms with Gasteiger partial charge < -0.3 is 5.32 Å². The van der Waals surface area contributed by atoms with E-state index in [9.17, 15) is 0 Å². The van der Waals surface area contributed by atoms with Gasteiger partial charge in [0.15, 0.2) is 0 Å². The maximum absolute atomic E-state index is 6.23. The third kappa shape index (κ3) is 3.82. The van der Waals surface area contributed by atoms with Gasteiger partial charge in [-0.1, -0.05) is 20.3 Å². The van der Waals surface area contributed by atoms with Gasteiger partial charge in [0.25, 0.3) is 0 Å². The third-order valence-corrected chi connectivity index (χ3v) is 4.62. The molecule has 0 aliphatic heterocycles. The first kappa shape index (κ1) is 14.6. The molecule has 0 saturated heterocycles. The monoisotopic (exact) mass is 281 g/mol. The van der Waals surface area contributed by atoms with E-state index >= 15 is 0 Å².